The maximum atomic E-state index is 13.0. The topological polar surface area (TPSA) is 69.7 Å². The van der Waals surface area contributed by atoms with Gasteiger partial charge in [-0.05, 0) is 48.5 Å². The van der Waals surface area contributed by atoms with Crippen LogP contribution in [0.3, 0.4) is 0 Å². The molecule has 3 amide bonds. The summed E-state index contributed by atoms with van der Waals surface area (Å²) in [6, 6.07) is 7.25. The lowest BCUT2D eigenvalue weighted by molar-refractivity contribution is -0.115. The summed E-state index contributed by atoms with van der Waals surface area (Å²) in [5.74, 6) is -0.308. The normalized spacial score (nSPS) is 17.1. The van der Waals surface area contributed by atoms with Gasteiger partial charge in [0.2, 0.25) is 0 Å². The highest BCUT2D eigenvalue weighted by atomic mass is 32.2. The third kappa shape index (κ3) is 12.2. The Hall–Kier alpha value is -2.12. The average molecular weight is 570 g/mol. The number of hydrogen-bond acceptors (Lipinski definition) is 5. The highest BCUT2D eigenvalue weighted by Gasteiger charge is 2.25. The molecule has 0 atom stereocenters. The minimum atomic E-state index is -0.368. The summed E-state index contributed by atoms with van der Waals surface area (Å²) in [6.45, 7) is 6.83. The molecule has 2 aliphatic heterocycles. The number of carbonyl (C=O) groups is 3. The molecule has 222 valence electrons. The van der Waals surface area contributed by atoms with Gasteiger partial charge < -0.3 is 4.90 Å². The zero-order chi connectivity index (χ0) is 28.4. The Balaban J connectivity index is 1.17. The van der Waals surface area contributed by atoms with Gasteiger partial charge in [-0.2, -0.15) is 0 Å². The van der Waals surface area contributed by atoms with Crippen LogP contribution in [0.1, 0.15) is 126 Å². The Morgan fingerprint density at radius 1 is 0.750 bits per heavy atom. The number of imide groups is 1. The van der Waals surface area contributed by atoms with Crippen molar-refractivity contribution in [1.82, 2.24) is 15.1 Å². The summed E-state index contributed by atoms with van der Waals surface area (Å²) >= 11 is 0.900. The standard InChI is InChI=1S/C33H51N3O3S/c1-2-3-4-5-6-7-8-9-10-11-12-13-14-15-16-17-22-35-23-25-36(26-24-35)32(38)29-20-18-28(19-21-29)27-30-31(37)34-33(39)40-30/h18-21,27H,2-17,22-26H2,1H3,(H,34,37,39). The summed E-state index contributed by atoms with van der Waals surface area (Å²) < 4.78 is 0. The molecule has 2 saturated heterocycles. The van der Waals surface area contributed by atoms with E-state index >= 15 is 0 Å². The van der Waals surface area contributed by atoms with E-state index in [9.17, 15) is 14.4 Å². The van der Waals surface area contributed by atoms with Gasteiger partial charge in [0, 0.05) is 31.7 Å². The summed E-state index contributed by atoms with van der Waals surface area (Å²) in [6.07, 6.45) is 24.0. The second kappa shape index (κ2) is 19.1. The van der Waals surface area contributed by atoms with E-state index in [1.54, 1.807) is 18.2 Å². The number of nitrogens with one attached hydrogen (secondary N) is 1. The molecular weight excluding hydrogens is 518 g/mol. The van der Waals surface area contributed by atoms with Gasteiger partial charge in [-0.15, -0.1) is 0 Å². The van der Waals surface area contributed by atoms with E-state index in [4.69, 9.17) is 0 Å². The van der Waals surface area contributed by atoms with E-state index in [1.807, 2.05) is 17.0 Å². The van der Waals surface area contributed by atoms with Crippen LogP contribution in [0.5, 0.6) is 0 Å². The first-order valence-electron chi connectivity index (χ1n) is 15.9. The zero-order valence-corrected chi connectivity index (χ0v) is 25.6. The zero-order valence-electron chi connectivity index (χ0n) is 24.8. The lowest BCUT2D eigenvalue weighted by Crippen LogP contribution is -2.48. The lowest BCUT2D eigenvalue weighted by Gasteiger charge is -2.34. The van der Waals surface area contributed by atoms with Crippen LogP contribution in [0.4, 0.5) is 4.79 Å². The van der Waals surface area contributed by atoms with Crippen molar-refractivity contribution in [2.75, 3.05) is 32.7 Å². The Labute approximate surface area is 246 Å². The molecular formula is C33H51N3O3S. The largest absolute Gasteiger partial charge is 0.336 e. The molecule has 40 heavy (non-hydrogen) atoms. The van der Waals surface area contributed by atoms with Crippen LogP contribution in [-0.4, -0.2) is 59.6 Å². The summed E-state index contributed by atoms with van der Waals surface area (Å²) in [7, 11) is 0. The quantitative estimate of drug-likeness (QED) is 0.135. The fourth-order valence-electron chi connectivity index (χ4n) is 5.53. The predicted molar refractivity (Wildman–Crippen MR) is 167 cm³/mol. The van der Waals surface area contributed by atoms with Crippen molar-refractivity contribution in [3.05, 3.63) is 40.3 Å². The first-order chi connectivity index (χ1) is 19.6. The number of piperazine rings is 1. The Bertz CT molecular complexity index is 939. The minimum Gasteiger partial charge on any atom is -0.336 e. The fourth-order valence-corrected chi connectivity index (χ4v) is 6.22. The van der Waals surface area contributed by atoms with Gasteiger partial charge >= 0.3 is 0 Å². The van der Waals surface area contributed by atoms with Gasteiger partial charge in [0.15, 0.2) is 0 Å². The van der Waals surface area contributed by atoms with E-state index in [-0.39, 0.29) is 17.1 Å². The number of unbranched alkanes of at least 4 members (excludes halogenated alkanes) is 15. The molecule has 0 aliphatic carbocycles. The van der Waals surface area contributed by atoms with Gasteiger partial charge in [-0.25, -0.2) is 0 Å². The van der Waals surface area contributed by atoms with E-state index in [2.05, 4.69) is 17.1 Å². The Morgan fingerprint density at radius 3 is 1.73 bits per heavy atom. The molecule has 0 radical (unpaired) electrons. The number of thioether (sulfide) groups is 1. The Morgan fingerprint density at radius 2 is 1.25 bits per heavy atom. The maximum Gasteiger partial charge on any atom is 0.290 e. The highest BCUT2D eigenvalue weighted by molar-refractivity contribution is 8.18. The van der Waals surface area contributed by atoms with Crippen molar-refractivity contribution >= 4 is 34.9 Å². The fraction of sp³-hybridized carbons (Fsp3) is 0.667. The number of benzene rings is 1. The van der Waals surface area contributed by atoms with Gasteiger partial charge in [-0.3, -0.25) is 24.6 Å². The first-order valence-corrected chi connectivity index (χ1v) is 16.7. The number of hydrogen-bond donors (Lipinski definition) is 1. The molecule has 7 heteroatoms. The molecule has 0 saturated carbocycles. The van der Waals surface area contributed by atoms with Crippen LogP contribution in [0.15, 0.2) is 29.2 Å². The average Bonchev–Trinajstić information content (AvgIpc) is 3.29. The molecule has 2 aliphatic rings. The number of amides is 3. The van der Waals surface area contributed by atoms with Crippen LogP contribution in [0.25, 0.3) is 6.08 Å². The molecule has 1 aromatic carbocycles. The molecule has 0 unspecified atom stereocenters. The van der Waals surface area contributed by atoms with Crippen LogP contribution < -0.4 is 5.32 Å². The van der Waals surface area contributed by atoms with Crippen LogP contribution in [-0.2, 0) is 4.79 Å². The smallest absolute Gasteiger partial charge is 0.290 e. The van der Waals surface area contributed by atoms with Crippen LogP contribution in [0, 0.1) is 0 Å². The van der Waals surface area contributed by atoms with Crippen molar-refractivity contribution in [3.63, 3.8) is 0 Å². The summed E-state index contributed by atoms with van der Waals surface area (Å²) in [5, 5.41) is 1.90. The number of rotatable bonds is 19. The van der Waals surface area contributed by atoms with E-state index < -0.39 is 0 Å². The second-order valence-corrected chi connectivity index (χ2v) is 12.4. The first kappa shape index (κ1) is 32.4. The third-order valence-corrected chi connectivity index (χ3v) is 8.90. The van der Waals surface area contributed by atoms with Gasteiger partial charge in [-0.1, -0.05) is 115 Å². The molecule has 0 aromatic heterocycles. The molecule has 2 fully saturated rings. The molecule has 6 nitrogen and oxygen atoms in total. The summed E-state index contributed by atoms with van der Waals surface area (Å²) in [5.41, 5.74) is 1.46. The van der Waals surface area contributed by atoms with Gasteiger partial charge in [0.05, 0.1) is 4.91 Å². The molecule has 0 bridgehead atoms. The number of nitrogens with zero attached hydrogens (tertiary/aromatic N) is 2. The van der Waals surface area contributed by atoms with Crippen molar-refractivity contribution in [2.45, 2.75) is 110 Å². The summed E-state index contributed by atoms with van der Waals surface area (Å²) in [4.78, 5) is 40.8. The van der Waals surface area contributed by atoms with Gasteiger partial charge in [0.25, 0.3) is 17.1 Å². The molecule has 1 N–H and O–H groups in total. The monoisotopic (exact) mass is 569 g/mol. The van der Waals surface area contributed by atoms with Crippen molar-refractivity contribution in [3.8, 4) is 0 Å². The maximum absolute atomic E-state index is 13.0. The SMILES string of the molecule is CCCCCCCCCCCCCCCCCCN1CCN(C(=O)c2ccc(C=C3SC(=O)NC3=O)cc2)CC1. The lowest BCUT2D eigenvalue weighted by atomic mass is 10.0. The Kier molecular flexibility index (Phi) is 15.5. The van der Waals surface area contributed by atoms with Crippen LogP contribution in [0.2, 0.25) is 0 Å². The molecule has 2 heterocycles. The van der Waals surface area contributed by atoms with Crippen molar-refractivity contribution in [2.24, 2.45) is 0 Å². The van der Waals surface area contributed by atoms with Crippen molar-refractivity contribution < 1.29 is 14.4 Å². The predicted octanol–water partition coefficient (Wildman–Crippen LogP) is 8.03. The highest BCUT2D eigenvalue weighted by Crippen LogP contribution is 2.25. The van der Waals surface area contributed by atoms with Crippen LogP contribution >= 0.6 is 11.8 Å². The van der Waals surface area contributed by atoms with E-state index in [1.165, 1.54) is 103 Å². The van der Waals surface area contributed by atoms with E-state index in [0.29, 0.717) is 10.5 Å². The van der Waals surface area contributed by atoms with E-state index in [0.717, 1.165) is 50.0 Å². The minimum absolute atomic E-state index is 0.0597. The number of carbonyl (C=O) groups excluding carboxylic acids is 3. The van der Waals surface area contributed by atoms with Gasteiger partial charge in [0.1, 0.15) is 0 Å². The molecule has 0 spiro atoms. The van der Waals surface area contributed by atoms with Crippen molar-refractivity contribution in [1.29, 1.82) is 0 Å². The molecule has 1 aromatic rings. The second-order valence-electron chi connectivity index (χ2n) is 11.4. The third-order valence-electron chi connectivity index (χ3n) is 8.08. The molecule has 3 rings (SSSR count).